The molecule has 0 bridgehead atoms. The lowest BCUT2D eigenvalue weighted by Crippen LogP contribution is -1.99. The summed E-state index contributed by atoms with van der Waals surface area (Å²) in [6, 6.07) is 24.0. The Morgan fingerprint density at radius 3 is 1.86 bits per heavy atom. The molecule has 2 aromatic carbocycles. The highest BCUT2D eigenvalue weighted by atomic mass is 14.9. The van der Waals surface area contributed by atoms with Crippen molar-refractivity contribution in [2.24, 2.45) is 0 Å². The molecule has 0 amide bonds. The number of hydrogen-bond donors (Lipinski definition) is 2. The summed E-state index contributed by atoms with van der Waals surface area (Å²) >= 11 is 0. The van der Waals surface area contributed by atoms with Crippen LogP contribution in [0, 0.1) is 0 Å². The zero-order valence-electron chi connectivity index (χ0n) is 12.1. The first-order valence-corrected chi connectivity index (χ1v) is 7.08. The monoisotopic (exact) mass is 287 g/mol. The van der Waals surface area contributed by atoms with Crippen LogP contribution in [0.5, 0.6) is 0 Å². The number of nitrogens with two attached hydrogens (primary N) is 2. The number of benzene rings is 2. The highest BCUT2D eigenvalue weighted by Crippen LogP contribution is 2.27. The van der Waals surface area contributed by atoms with E-state index in [2.05, 4.69) is 35.3 Å². The van der Waals surface area contributed by atoms with E-state index in [0.717, 1.165) is 22.3 Å². The zero-order valence-corrected chi connectivity index (χ0v) is 12.1. The van der Waals surface area contributed by atoms with Crippen molar-refractivity contribution >= 4 is 23.3 Å². The van der Waals surface area contributed by atoms with Gasteiger partial charge in [0.1, 0.15) is 11.6 Å². The number of rotatable bonds is 3. The third-order valence-corrected chi connectivity index (χ3v) is 3.37. The van der Waals surface area contributed by atoms with Crippen molar-refractivity contribution in [2.75, 3.05) is 11.5 Å². The Labute approximate surface area is 129 Å². The topological polar surface area (TPSA) is 64.9 Å². The van der Waals surface area contributed by atoms with Gasteiger partial charge in [0.15, 0.2) is 0 Å². The number of anilines is 2. The van der Waals surface area contributed by atoms with E-state index in [1.807, 2.05) is 48.5 Å². The molecule has 0 spiro atoms. The molecule has 3 heteroatoms. The van der Waals surface area contributed by atoms with Gasteiger partial charge in [-0.05, 0) is 40.5 Å². The summed E-state index contributed by atoms with van der Waals surface area (Å²) in [5, 5.41) is 0. The molecule has 0 saturated carbocycles. The summed E-state index contributed by atoms with van der Waals surface area (Å²) in [5.41, 5.74) is 16.0. The summed E-state index contributed by atoms with van der Waals surface area (Å²) in [6.07, 6.45) is 2.13. The van der Waals surface area contributed by atoms with Crippen LogP contribution in [0.4, 0.5) is 11.6 Å². The van der Waals surface area contributed by atoms with E-state index in [1.54, 1.807) is 0 Å². The van der Waals surface area contributed by atoms with E-state index in [-0.39, 0.29) is 0 Å². The van der Waals surface area contributed by atoms with Gasteiger partial charge >= 0.3 is 0 Å². The lowest BCUT2D eigenvalue weighted by Gasteiger charge is -2.10. The van der Waals surface area contributed by atoms with Crippen LogP contribution >= 0.6 is 0 Å². The van der Waals surface area contributed by atoms with E-state index in [0.29, 0.717) is 11.6 Å². The molecule has 0 fully saturated rings. The molecule has 4 N–H and O–H groups in total. The first-order valence-electron chi connectivity index (χ1n) is 7.08. The maximum atomic E-state index is 5.85. The molecule has 0 aliphatic heterocycles. The Hall–Kier alpha value is -3.07. The molecule has 3 aromatic rings. The van der Waals surface area contributed by atoms with Crippen LogP contribution in [-0.4, -0.2) is 4.98 Å². The second kappa shape index (κ2) is 6.14. The summed E-state index contributed by atoms with van der Waals surface area (Å²) in [4.78, 5) is 4.05. The van der Waals surface area contributed by atoms with Gasteiger partial charge in [0.2, 0.25) is 0 Å². The van der Waals surface area contributed by atoms with Crippen LogP contribution in [0.3, 0.4) is 0 Å². The van der Waals surface area contributed by atoms with Crippen LogP contribution in [0.25, 0.3) is 11.6 Å². The average Bonchev–Trinajstić information content (AvgIpc) is 2.53. The summed E-state index contributed by atoms with van der Waals surface area (Å²) < 4.78 is 0. The Morgan fingerprint density at radius 1 is 0.727 bits per heavy atom. The highest BCUT2D eigenvalue weighted by molar-refractivity contribution is 5.92. The van der Waals surface area contributed by atoms with Gasteiger partial charge in [-0.25, -0.2) is 4.98 Å². The molecule has 0 aliphatic carbocycles. The van der Waals surface area contributed by atoms with Gasteiger partial charge in [-0.3, -0.25) is 0 Å². The molecule has 0 aliphatic rings. The van der Waals surface area contributed by atoms with E-state index in [4.69, 9.17) is 11.5 Å². The molecule has 22 heavy (non-hydrogen) atoms. The molecule has 1 heterocycles. The molecule has 0 radical (unpaired) electrons. The summed E-state index contributed by atoms with van der Waals surface area (Å²) in [6.45, 7) is 0. The van der Waals surface area contributed by atoms with Crippen molar-refractivity contribution in [1.82, 2.24) is 4.98 Å². The maximum absolute atomic E-state index is 5.85. The maximum Gasteiger partial charge on any atom is 0.126 e. The average molecular weight is 287 g/mol. The molecular weight excluding hydrogens is 270 g/mol. The number of pyridine rings is 1. The third kappa shape index (κ3) is 3.15. The lowest BCUT2D eigenvalue weighted by molar-refractivity contribution is 1.33. The number of nitrogens with zero attached hydrogens (tertiary/aromatic N) is 1. The fraction of sp³-hybridized carbons (Fsp3) is 0. The second-order valence-electron chi connectivity index (χ2n) is 5.04. The Morgan fingerprint density at radius 2 is 1.27 bits per heavy atom. The first-order chi connectivity index (χ1) is 10.7. The van der Waals surface area contributed by atoms with E-state index in [9.17, 15) is 0 Å². The van der Waals surface area contributed by atoms with Crippen LogP contribution in [0.1, 0.15) is 16.7 Å². The largest absolute Gasteiger partial charge is 0.384 e. The van der Waals surface area contributed by atoms with Gasteiger partial charge in [-0.1, -0.05) is 60.7 Å². The van der Waals surface area contributed by atoms with Crippen LogP contribution in [0.15, 0.2) is 72.8 Å². The van der Waals surface area contributed by atoms with Crippen molar-refractivity contribution in [1.29, 1.82) is 0 Å². The van der Waals surface area contributed by atoms with E-state index >= 15 is 0 Å². The van der Waals surface area contributed by atoms with Gasteiger partial charge in [0, 0.05) is 0 Å². The SMILES string of the molecule is Nc1cc(C(=Cc2ccccc2)c2ccccc2)cc(N)n1. The normalized spacial score (nSPS) is 11.4. The van der Waals surface area contributed by atoms with Crippen molar-refractivity contribution in [3.8, 4) is 0 Å². The molecular formula is C19H17N3. The van der Waals surface area contributed by atoms with Gasteiger partial charge in [-0.2, -0.15) is 0 Å². The first kappa shape index (κ1) is 13.9. The fourth-order valence-corrected chi connectivity index (χ4v) is 2.40. The Balaban J connectivity index is 2.17. The minimum absolute atomic E-state index is 0.421. The number of nitrogen functional groups attached to an aromatic ring is 2. The minimum atomic E-state index is 0.421. The minimum Gasteiger partial charge on any atom is -0.384 e. The molecule has 0 atom stereocenters. The van der Waals surface area contributed by atoms with Crippen LogP contribution < -0.4 is 11.5 Å². The molecule has 3 rings (SSSR count). The molecule has 108 valence electrons. The molecule has 0 saturated heterocycles. The molecule has 0 unspecified atom stereocenters. The Kier molecular flexibility index (Phi) is 3.88. The third-order valence-electron chi connectivity index (χ3n) is 3.37. The fourth-order valence-electron chi connectivity index (χ4n) is 2.40. The number of hydrogen-bond acceptors (Lipinski definition) is 3. The van der Waals surface area contributed by atoms with E-state index < -0.39 is 0 Å². The van der Waals surface area contributed by atoms with Gasteiger partial charge < -0.3 is 11.5 Å². The summed E-state index contributed by atoms with van der Waals surface area (Å²) in [5.74, 6) is 0.842. The van der Waals surface area contributed by atoms with Crippen molar-refractivity contribution in [2.45, 2.75) is 0 Å². The smallest absolute Gasteiger partial charge is 0.126 e. The van der Waals surface area contributed by atoms with Gasteiger partial charge in [0.25, 0.3) is 0 Å². The van der Waals surface area contributed by atoms with Crippen molar-refractivity contribution in [3.05, 3.63) is 89.5 Å². The molecule has 1 aromatic heterocycles. The highest BCUT2D eigenvalue weighted by Gasteiger charge is 2.07. The lowest BCUT2D eigenvalue weighted by atomic mass is 9.96. The second-order valence-corrected chi connectivity index (χ2v) is 5.04. The summed E-state index contributed by atoms with van der Waals surface area (Å²) in [7, 11) is 0. The quantitative estimate of drug-likeness (QED) is 0.719. The van der Waals surface area contributed by atoms with Crippen molar-refractivity contribution in [3.63, 3.8) is 0 Å². The van der Waals surface area contributed by atoms with E-state index in [1.165, 1.54) is 0 Å². The zero-order chi connectivity index (χ0) is 15.4. The van der Waals surface area contributed by atoms with Crippen molar-refractivity contribution < 1.29 is 0 Å². The van der Waals surface area contributed by atoms with Gasteiger partial charge in [-0.15, -0.1) is 0 Å². The van der Waals surface area contributed by atoms with Crippen LogP contribution in [0.2, 0.25) is 0 Å². The Bertz CT molecular complexity index is 773. The van der Waals surface area contributed by atoms with Crippen LogP contribution in [-0.2, 0) is 0 Å². The number of aromatic nitrogens is 1. The molecule has 3 nitrogen and oxygen atoms in total. The predicted octanol–water partition coefficient (Wildman–Crippen LogP) is 3.83. The van der Waals surface area contributed by atoms with Gasteiger partial charge in [0.05, 0.1) is 0 Å². The predicted molar refractivity (Wildman–Crippen MR) is 92.9 cm³/mol. The standard InChI is InChI=1S/C19H17N3/c20-18-12-16(13-19(21)22-18)17(15-9-5-2-6-10-15)11-14-7-3-1-4-8-14/h1-13H,(H4,20,21,22).